The third-order valence-corrected chi connectivity index (χ3v) is 2.37. The predicted molar refractivity (Wildman–Crippen MR) is 61.0 cm³/mol. The first kappa shape index (κ1) is 12.7. The molecule has 1 heteroatoms. The van der Waals surface area contributed by atoms with Crippen molar-refractivity contribution in [3.63, 3.8) is 0 Å². The molecule has 13 heavy (non-hydrogen) atoms. The van der Waals surface area contributed by atoms with Crippen LogP contribution in [0.4, 0.5) is 0 Å². The van der Waals surface area contributed by atoms with Crippen LogP contribution in [0.5, 0.6) is 0 Å². The van der Waals surface area contributed by atoms with Crippen LogP contribution in [-0.4, -0.2) is 25.5 Å². The molecule has 0 spiro atoms. The van der Waals surface area contributed by atoms with Crippen LogP contribution in [0.2, 0.25) is 0 Å². The first-order valence-electron chi connectivity index (χ1n) is 5.49. The maximum absolute atomic E-state index is 2.40. The van der Waals surface area contributed by atoms with Gasteiger partial charge in [-0.05, 0) is 46.2 Å². The number of nitrogens with zero attached hydrogens (tertiary/aromatic N) is 1. The van der Waals surface area contributed by atoms with E-state index in [0.29, 0.717) is 0 Å². The van der Waals surface area contributed by atoms with Crippen molar-refractivity contribution in [2.24, 2.45) is 5.92 Å². The molecule has 0 aromatic carbocycles. The number of rotatable bonds is 2. The second kappa shape index (κ2) is 7.14. The molecular formula is C12H25N. The van der Waals surface area contributed by atoms with Gasteiger partial charge in [0.1, 0.15) is 0 Å². The molecule has 1 aliphatic carbocycles. The Bertz CT molecular complexity index is 147. The van der Waals surface area contributed by atoms with Crippen molar-refractivity contribution in [3.05, 3.63) is 11.6 Å². The molecule has 0 saturated carbocycles. The second-order valence-corrected chi connectivity index (χ2v) is 3.95. The third kappa shape index (κ3) is 5.87. The van der Waals surface area contributed by atoms with E-state index in [0.717, 1.165) is 5.92 Å². The molecular weight excluding hydrogens is 158 g/mol. The summed E-state index contributed by atoms with van der Waals surface area (Å²) < 4.78 is 0. The highest BCUT2D eigenvalue weighted by Gasteiger charge is 2.12. The zero-order chi connectivity index (χ0) is 10.3. The largest absolute Gasteiger partial charge is 0.309 e. The Morgan fingerprint density at radius 2 is 2.00 bits per heavy atom. The highest BCUT2D eigenvalue weighted by molar-refractivity contribution is 5.02. The molecule has 1 nitrogen and oxygen atoms in total. The van der Waals surface area contributed by atoms with E-state index in [2.05, 4.69) is 32.0 Å². The fourth-order valence-corrected chi connectivity index (χ4v) is 1.70. The summed E-state index contributed by atoms with van der Waals surface area (Å²) in [7, 11) is 4.32. The summed E-state index contributed by atoms with van der Waals surface area (Å²) in [6, 6.07) is 0. The first-order valence-corrected chi connectivity index (χ1v) is 5.49. The summed E-state index contributed by atoms with van der Waals surface area (Å²) in [5, 5.41) is 0. The topological polar surface area (TPSA) is 3.24 Å². The number of hydrogen-bond donors (Lipinski definition) is 0. The molecule has 1 aliphatic rings. The smallest absolute Gasteiger partial charge is 0.000663 e. The van der Waals surface area contributed by atoms with Crippen molar-refractivity contribution in [3.8, 4) is 0 Å². The highest BCUT2D eigenvalue weighted by atomic mass is 15.1. The Labute approximate surface area is 83.8 Å². The van der Waals surface area contributed by atoms with Crippen molar-refractivity contribution >= 4 is 0 Å². The summed E-state index contributed by atoms with van der Waals surface area (Å²) in [4.78, 5) is 2.29. The van der Waals surface area contributed by atoms with Gasteiger partial charge < -0.3 is 4.90 Å². The summed E-state index contributed by atoms with van der Waals surface area (Å²) in [6.45, 7) is 7.50. The van der Waals surface area contributed by atoms with E-state index in [1.807, 2.05) is 13.8 Å². The summed E-state index contributed by atoms with van der Waals surface area (Å²) in [5.41, 5.74) is 1.58. The second-order valence-electron chi connectivity index (χ2n) is 3.95. The van der Waals surface area contributed by atoms with Crippen LogP contribution in [0.15, 0.2) is 11.6 Å². The predicted octanol–water partition coefficient (Wildman–Crippen LogP) is 3.32. The minimum absolute atomic E-state index is 0.911. The van der Waals surface area contributed by atoms with E-state index in [4.69, 9.17) is 0 Å². The van der Waals surface area contributed by atoms with Crippen LogP contribution in [-0.2, 0) is 0 Å². The minimum atomic E-state index is 0.911. The van der Waals surface area contributed by atoms with E-state index in [1.165, 1.54) is 25.8 Å². The molecule has 0 fully saturated rings. The van der Waals surface area contributed by atoms with Gasteiger partial charge >= 0.3 is 0 Å². The average Bonchev–Trinajstić information content (AvgIpc) is 2.12. The highest BCUT2D eigenvalue weighted by Crippen LogP contribution is 2.23. The van der Waals surface area contributed by atoms with Gasteiger partial charge in [-0.15, -0.1) is 0 Å². The first-order chi connectivity index (χ1) is 6.18. The lowest BCUT2D eigenvalue weighted by molar-refractivity contribution is 0.307. The van der Waals surface area contributed by atoms with Gasteiger partial charge in [0.2, 0.25) is 0 Å². The lowest BCUT2D eigenvalue weighted by Crippen LogP contribution is -2.22. The Kier molecular flexibility index (Phi) is 6.97. The van der Waals surface area contributed by atoms with E-state index < -0.39 is 0 Å². The maximum atomic E-state index is 2.40. The van der Waals surface area contributed by atoms with Crippen LogP contribution in [0, 0.1) is 5.92 Å². The third-order valence-electron chi connectivity index (χ3n) is 2.37. The lowest BCUT2D eigenvalue weighted by atomic mass is 9.90. The van der Waals surface area contributed by atoms with E-state index >= 15 is 0 Å². The molecule has 0 N–H and O–H groups in total. The van der Waals surface area contributed by atoms with Gasteiger partial charge in [-0.1, -0.05) is 25.5 Å². The van der Waals surface area contributed by atoms with Crippen molar-refractivity contribution in [2.75, 3.05) is 20.6 Å². The summed E-state index contributed by atoms with van der Waals surface area (Å²) in [5.74, 6) is 0.911. The number of allylic oxidation sites excluding steroid dienone is 2. The Balaban J connectivity index is 0.000000671. The van der Waals surface area contributed by atoms with Gasteiger partial charge in [-0.3, -0.25) is 0 Å². The van der Waals surface area contributed by atoms with Crippen molar-refractivity contribution in [1.82, 2.24) is 4.90 Å². The lowest BCUT2D eigenvalue weighted by Gasteiger charge is -2.23. The zero-order valence-corrected chi connectivity index (χ0v) is 9.93. The molecule has 0 amide bonds. The van der Waals surface area contributed by atoms with Crippen molar-refractivity contribution < 1.29 is 0 Å². The molecule has 78 valence electrons. The SMILES string of the molecule is CC.CC1=CCC(CN(C)C)CC1. The van der Waals surface area contributed by atoms with Crippen molar-refractivity contribution in [2.45, 2.75) is 40.0 Å². The zero-order valence-electron chi connectivity index (χ0n) is 9.93. The Morgan fingerprint density at radius 3 is 2.38 bits per heavy atom. The average molecular weight is 183 g/mol. The normalized spacial score (nSPS) is 22.0. The van der Waals surface area contributed by atoms with Crippen LogP contribution in [0.25, 0.3) is 0 Å². The van der Waals surface area contributed by atoms with Crippen molar-refractivity contribution in [1.29, 1.82) is 0 Å². The quantitative estimate of drug-likeness (QED) is 0.594. The molecule has 0 aromatic rings. The number of hydrogen-bond acceptors (Lipinski definition) is 1. The van der Waals surface area contributed by atoms with E-state index in [9.17, 15) is 0 Å². The van der Waals surface area contributed by atoms with Gasteiger partial charge in [0.15, 0.2) is 0 Å². The Morgan fingerprint density at radius 1 is 1.38 bits per heavy atom. The van der Waals surface area contributed by atoms with Crippen LogP contribution >= 0.6 is 0 Å². The molecule has 1 atom stereocenters. The maximum Gasteiger partial charge on any atom is 0.000663 e. The molecule has 1 rings (SSSR count). The standard InChI is InChI=1S/C10H19N.C2H6/c1-9-4-6-10(7-5-9)8-11(2)3;1-2/h4,10H,5-8H2,1-3H3;1-2H3. The summed E-state index contributed by atoms with van der Waals surface area (Å²) in [6.07, 6.45) is 6.40. The van der Waals surface area contributed by atoms with E-state index in [1.54, 1.807) is 5.57 Å². The van der Waals surface area contributed by atoms with Gasteiger partial charge in [-0.25, -0.2) is 0 Å². The molecule has 0 radical (unpaired) electrons. The molecule has 0 heterocycles. The fraction of sp³-hybridized carbons (Fsp3) is 0.833. The van der Waals surface area contributed by atoms with E-state index in [-0.39, 0.29) is 0 Å². The van der Waals surface area contributed by atoms with Gasteiger partial charge in [0.05, 0.1) is 0 Å². The monoisotopic (exact) mass is 183 g/mol. The van der Waals surface area contributed by atoms with Gasteiger partial charge in [-0.2, -0.15) is 0 Å². The van der Waals surface area contributed by atoms with Crippen LogP contribution in [0.3, 0.4) is 0 Å². The molecule has 0 bridgehead atoms. The fourth-order valence-electron chi connectivity index (χ4n) is 1.70. The van der Waals surface area contributed by atoms with Gasteiger partial charge in [0, 0.05) is 6.54 Å². The van der Waals surface area contributed by atoms with Crippen LogP contribution in [0.1, 0.15) is 40.0 Å². The Hall–Kier alpha value is -0.300. The van der Waals surface area contributed by atoms with Gasteiger partial charge in [0.25, 0.3) is 0 Å². The molecule has 1 unspecified atom stereocenters. The minimum Gasteiger partial charge on any atom is -0.309 e. The van der Waals surface area contributed by atoms with Crippen LogP contribution < -0.4 is 0 Å². The molecule has 0 saturated heterocycles. The summed E-state index contributed by atoms with van der Waals surface area (Å²) >= 11 is 0. The molecule has 0 aromatic heterocycles. The molecule has 0 aliphatic heterocycles.